The molecule has 0 atom stereocenters. The van der Waals surface area contributed by atoms with Gasteiger partial charge in [-0.05, 0) is 23.8 Å². The van der Waals surface area contributed by atoms with Gasteiger partial charge in [-0.2, -0.15) is 0 Å². The van der Waals surface area contributed by atoms with Crippen molar-refractivity contribution in [1.82, 2.24) is 5.32 Å². The molecule has 0 aromatic heterocycles. The van der Waals surface area contributed by atoms with E-state index < -0.39 is 11.9 Å². The van der Waals surface area contributed by atoms with Crippen molar-refractivity contribution >= 4 is 33.5 Å². The zero-order valence-corrected chi connectivity index (χ0v) is 13.3. The van der Waals surface area contributed by atoms with Gasteiger partial charge in [0.05, 0.1) is 5.56 Å². The predicted octanol–water partition coefficient (Wildman–Crippen LogP) is 2.50. The molecule has 3 N–H and O–H groups in total. The molecule has 0 saturated carbocycles. The number of halogens is 1. The summed E-state index contributed by atoms with van der Waals surface area (Å²) in [6.07, 6.45) is 0. The van der Waals surface area contributed by atoms with E-state index >= 15 is 0 Å². The van der Waals surface area contributed by atoms with Gasteiger partial charge in [0.1, 0.15) is 13.2 Å². The van der Waals surface area contributed by atoms with Crippen LogP contribution in [-0.4, -0.2) is 18.4 Å². The van der Waals surface area contributed by atoms with E-state index in [0.717, 1.165) is 10.0 Å². The first kappa shape index (κ1) is 16.0. The third-order valence-electron chi connectivity index (χ3n) is 2.90. The quantitative estimate of drug-likeness (QED) is 0.632. The molecule has 0 radical (unpaired) electrons. The highest BCUT2D eigenvalue weighted by Crippen LogP contribution is 2.18. The minimum Gasteiger partial charge on any atom is -0.460 e. The molecule has 2 aromatic carbocycles. The van der Waals surface area contributed by atoms with Gasteiger partial charge in [-0.1, -0.05) is 46.3 Å². The van der Waals surface area contributed by atoms with E-state index in [1.165, 1.54) is 0 Å². The van der Waals surface area contributed by atoms with Crippen molar-refractivity contribution in [2.45, 2.75) is 6.61 Å². The minimum atomic E-state index is -0.509. The highest BCUT2D eigenvalue weighted by Gasteiger charge is 2.12. The van der Waals surface area contributed by atoms with Crippen molar-refractivity contribution in [2.75, 3.05) is 12.3 Å². The van der Waals surface area contributed by atoms with Crippen LogP contribution in [0, 0.1) is 0 Å². The Morgan fingerprint density at radius 3 is 2.59 bits per heavy atom. The Kier molecular flexibility index (Phi) is 5.55. The third-order valence-corrected chi connectivity index (χ3v) is 3.39. The zero-order valence-electron chi connectivity index (χ0n) is 11.7. The number of anilines is 1. The van der Waals surface area contributed by atoms with Gasteiger partial charge in [0, 0.05) is 10.2 Å². The van der Waals surface area contributed by atoms with E-state index in [1.54, 1.807) is 18.2 Å². The number of nitrogens with two attached hydrogens (primary N) is 1. The minimum absolute atomic E-state index is 0.175. The van der Waals surface area contributed by atoms with Crippen molar-refractivity contribution in [1.29, 1.82) is 0 Å². The van der Waals surface area contributed by atoms with Gasteiger partial charge in [0.2, 0.25) is 0 Å². The molecular weight excluding hydrogens is 348 g/mol. The van der Waals surface area contributed by atoms with Gasteiger partial charge in [-0.15, -0.1) is 0 Å². The third kappa shape index (κ3) is 4.60. The lowest BCUT2D eigenvalue weighted by Gasteiger charge is -2.08. The Labute approximate surface area is 136 Å². The van der Waals surface area contributed by atoms with E-state index in [-0.39, 0.29) is 13.2 Å². The molecule has 2 aromatic rings. The predicted molar refractivity (Wildman–Crippen MR) is 87.1 cm³/mol. The molecule has 1 amide bonds. The van der Waals surface area contributed by atoms with Crippen LogP contribution in [0.3, 0.4) is 0 Å². The van der Waals surface area contributed by atoms with Gasteiger partial charge in [0.15, 0.2) is 0 Å². The molecule has 0 bridgehead atoms. The second-order valence-electron chi connectivity index (χ2n) is 4.56. The Morgan fingerprint density at radius 1 is 1.14 bits per heavy atom. The second-order valence-corrected chi connectivity index (χ2v) is 5.48. The van der Waals surface area contributed by atoms with Gasteiger partial charge in [0.25, 0.3) is 5.91 Å². The van der Waals surface area contributed by atoms with Crippen LogP contribution >= 0.6 is 15.9 Å². The van der Waals surface area contributed by atoms with Crippen LogP contribution in [0.1, 0.15) is 15.9 Å². The van der Waals surface area contributed by atoms with E-state index in [2.05, 4.69) is 21.2 Å². The van der Waals surface area contributed by atoms with Gasteiger partial charge >= 0.3 is 5.97 Å². The molecule has 0 fully saturated rings. The van der Waals surface area contributed by atoms with Crippen molar-refractivity contribution in [2.24, 2.45) is 0 Å². The Balaban J connectivity index is 1.83. The van der Waals surface area contributed by atoms with Crippen LogP contribution in [0.25, 0.3) is 0 Å². The monoisotopic (exact) mass is 362 g/mol. The van der Waals surface area contributed by atoms with Crippen molar-refractivity contribution in [3.63, 3.8) is 0 Å². The molecule has 0 heterocycles. The Bertz CT molecular complexity index is 674. The first-order valence-corrected chi connectivity index (χ1v) is 7.38. The summed E-state index contributed by atoms with van der Waals surface area (Å²) in [6.45, 7) is -0.0355. The lowest BCUT2D eigenvalue weighted by atomic mass is 10.1. The van der Waals surface area contributed by atoms with E-state index in [1.807, 2.05) is 30.3 Å². The van der Waals surface area contributed by atoms with Crippen LogP contribution in [0.5, 0.6) is 0 Å². The molecule has 0 aliphatic carbocycles. The fraction of sp³-hybridized carbons (Fsp3) is 0.125. The number of nitrogen functional groups attached to an aromatic ring is 1. The average molecular weight is 363 g/mol. The number of hydrogen-bond donors (Lipinski definition) is 2. The molecule has 0 aliphatic rings. The number of carbonyl (C=O) groups is 2. The number of rotatable bonds is 5. The molecule has 0 aliphatic heterocycles. The van der Waals surface area contributed by atoms with Crippen molar-refractivity contribution in [3.05, 3.63) is 64.1 Å². The van der Waals surface area contributed by atoms with Crippen LogP contribution in [0.15, 0.2) is 53.0 Å². The molecular formula is C16H15BrN2O3. The summed E-state index contributed by atoms with van der Waals surface area (Å²) in [7, 11) is 0. The molecule has 0 saturated heterocycles. The first-order valence-electron chi connectivity index (χ1n) is 6.59. The Hall–Kier alpha value is -2.34. The van der Waals surface area contributed by atoms with E-state index in [9.17, 15) is 9.59 Å². The van der Waals surface area contributed by atoms with Gasteiger partial charge in [-0.25, -0.2) is 0 Å². The topological polar surface area (TPSA) is 81.4 Å². The molecule has 6 heteroatoms. The fourth-order valence-corrected chi connectivity index (χ4v) is 2.12. The summed E-state index contributed by atoms with van der Waals surface area (Å²) in [4.78, 5) is 23.6. The van der Waals surface area contributed by atoms with Crippen LogP contribution in [0.4, 0.5) is 5.69 Å². The summed E-state index contributed by atoms with van der Waals surface area (Å²) < 4.78 is 5.81. The smallest absolute Gasteiger partial charge is 0.325 e. The van der Waals surface area contributed by atoms with Crippen LogP contribution < -0.4 is 11.1 Å². The van der Waals surface area contributed by atoms with Crippen LogP contribution in [-0.2, 0) is 16.1 Å². The maximum atomic E-state index is 12.0. The number of carbonyl (C=O) groups excluding carboxylic acids is 2. The lowest BCUT2D eigenvalue weighted by Crippen LogP contribution is -2.31. The molecule has 0 spiro atoms. The first-order chi connectivity index (χ1) is 10.6. The summed E-state index contributed by atoms with van der Waals surface area (Å²) in [5, 5.41) is 2.49. The molecule has 114 valence electrons. The zero-order chi connectivity index (χ0) is 15.9. The molecule has 2 rings (SSSR count). The van der Waals surface area contributed by atoms with E-state index in [0.29, 0.717) is 11.3 Å². The van der Waals surface area contributed by atoms with Crippen molar-refractivity contribution in [3.8, 4) is 0 Å². The fourth-order valence-electron chi connectivity index (χ4n) is 1.76. The average Bonchev–Trinajstić information content (AvgIpc) is 2.54. The second kappa shape index (κ2) is 7.61. The van der Waals surface area contributed by atoms with E-state index in [4.69, 9.17) is 10.5 Å². The number of benzene rings is 2. The molecule has 22 heavy (non-hydrogen) atoms. The summed E-state index contributed by atoms with van der Waals surface area (Å²) >= 11 is 3.27. The number of ether oxygens (including phenoxy) is 1. The summed E-state index contributed by atoms with van der Waals surface area (Å²) in [6, 6.07) is 14.3. The molecule has 0 unspecified atom stereocenters. The SMILES string of the molecule is Nc1ccc(Br)cc1C(=O)NCC(=O)OCc1ccccc1. The maximum Gasteiger partial charge on any atom is 0.325 e. The van der Waals surface area contributed by atoms with Gasteiger partial charge in [-0.3, -0.25) is 9.59 Å². The number of amides is 1. The maximum absolute atomic E-state index is 12.0. The van der Waals surface area contributed by atoms with Crippen LogP contribution in [0.2, 0.25) is 0 Å². The largest absolute Gasteiger partial charge is 0.460 e. The van der Waals surface area contributed by atoms with Crippen molar-refractivity contribution < 1.29 is 14.3 Å². The highest BCUT2D eigenvalue weighted by atomic mass is 79.9. The standard InChI is InChI=1S/C16H15BrN2O3/c17-12-6-7-14(18)13(8-12)16(21)19-9-15(20)22-10-11-4-2-1-3-5-11/h1-8H,9-10,18H2,(H,19,21). The normalized spacial score (nSPS) is 10.0. The summed E-state index contributed by atoms with van der Waals surface area (Å²) in [5.74, 6) is -0.929. The molecule has 5 nitrogen and oxygen atoms in total. The Morgan fingerprint density at radius 2 is 1.86 bits per heavy atom. The highest BCUT2D eigenvalue weighted by molar-refractivity contribution is 9.10. The van der Waals surface area contributed by atoms with Gasteiger partial charge < -0.3 is 15.8 Å². The number of esters is 1. The number of nitrogens with one attached hydrogen (secondary N) is 1. The lowest BCUT2D eigenvalue weighted by molar-refractivity contribution is -0.143. The summed E-state index contributed by atoms with van der Waals surface area (Å²) in [5.41, 5.74) is 7.28. The number of hydrogen-bond acceptors (Lipinski definition) is 4.